The highest BCUT2D eigenvalue weighted by Gasteiger charge is 2.22. The van der Waals surface area contributed by atoms with Crippen molar-refractivity contribution in [3.8, 4) is 0 Å². The minimum atomic E-state index is -3.94. The maximum atomic E-state index is 13.1. The van der Waals surface area contributed by atoms with Gasteiger partial charge < -0.3 is 11.1 Å². The van der Waals surface area contributed by atoms with Gasteiger partial charge in [-0.15, -0.1) is 0 Å². The number of anilines is 2. The first-order valence-electron chi connectivity index (χ1n) is 10.4. The fraction of sp³-hybridized carbons (Fsp3) is 0.130. The van der Waals surface area contributed by atoms with Crippen LogP contribution in [0.25, 0.3) is 10.9 Å². The molecule has 4 rings (SSSR count). The zero-order valence-electron chi connectivity index (χ0n) is 18.1. The lowest BCUT2D eigenvalue weighted by molar-refractivity contribution is -0.117. The van der Waals surface area contributed by atoms with Gasteiger partial charge in [0.25, 0.3) is 10.0 Å². The number of hydrogen-bond donors (Lipinski definition) is 4. The molecule has 1 unspecified atom stereocenters. The Morgan fingerprint density at radius 1 is 1.03 bits per heavy atom. The van der Waals surface area contributed by atoms with E-state index in [9.17, 15) is 13.2 Å². The molecule has 35 heavy (non-hydrogen) atoms. The number of rotatable bonds is 8. The third-order valence-corrected chi connectivity index (χ3v) is 7.60. The molecule has 0 aliphatic heterocycles. The highest BCUT2D eigenvalue weighted by Crippen LogP contribution is 2.30. The quantitative estimate of drug-likeness (QED) is 0.233. The van der Waals surface area contributed by atoms with E-state index in [4.69, 9.17) is 40.5 Å². The molecule has 8 nitrogen and oxygen atoms in total. The SMILES string of the molecule is NCCC(C(=O)Nc1ccc2[nH]nc(NS(=O)(=O)c3cccc(Cl)c3)c2c1)c1ccc(Cl)c(Cl)c1. The van der Waals surface area contributed by atoms with Gasteiger partial charge in [-0.1, -0.05) is 46.9 Å². The number of carbonyl (C=O) groups is 1. The van der Waals surface area contributed by atoms with Crippen LogP contribution in [-0.4, -0.2) is 31.1 Å². The van der Waals surface area contributed by atoms with Crippen molar-refractivity contribution in [3.63, 3.8) is 0 Å². The van der Waals surface area contributed by atoms with Crippen LogP contribution < -0.4 is 15.8 Å². The first-order chi connectivity index (χ1) is 16.7. The molecule has 1 atom stereocenters. The first-order valence-corrected chi connectivity index (χ1v) is 13.0. The Balaban J connectivity index is 1.60. The summed E-state index contributed by atoms with van der Waals surface area (Å²) in [5.74, 6) is -0.771. The van der Waals surface area contributed by atoms with Crippen LogP contribution in [0.15, 0.2) is 65.6 Å². The summed E-state index contributed by atoms with van der Waals surface area (Å²) in [5, 5.41) is 11.2. The van der Waals surface area contributed by atoms with E-state index in [1.165, 1.54) is 12.1 Å². The summed E-state index contributed by atoms with van der Waals surface area (Å²) in [7, 11) is -3.94. The number of benzene rings is 3. The maximum absolute atomic E-state index is 13.1. The van der Waals surface area contributed by atoms with Crippen LogP contribution in [0.4, 0.5) is 11.5 Å². The summed E-state index contributed by atoms with van der Waals surface area (Å²) in [4.78, 5) is 13.1. The zero-order chi connectivity index (χ0) is 25.2. The summed E-state index contributed by atoms with van der Waals surface area (Å²) in [6.07, 6.45) is 0.391. The van der Waals surface area contributed by atoms with Gasteiger partial charge in [-0.2, -0.15) is 5.10 Å². The Morgan fingerprint density at radius 2 is 1.83 bits per heavy atom. The summed E-state index contributed by atoms with van der Waals surface area (Å²) in [6.45, 7) is 0.286. The molecule has 0 bridgehead atoms. The van der Waals surface area contributed by atoms with Gasteiger partial charge in [-0.3, -0.25) is 14.6 Å². The molecule has 0 saturated heterocycles. The molecule has 182 valence electrons. The number of hydrogen-bond acceptors (Lipinski definition) is 5. The molecule has 0 aliphatic rings. The van der Waals surface area contributed by atoms with Crippen LogP contribution in [0.5, 0.6) is 0 Å². The molecule has 0 saturated carbocycles. The predicted molar refractivity (Wildman–Crippen MR) is 140 cm³/mol. The first kappa shape index (κ1) is 25.3. The van der Waals surface area contributed by atoms with E-state index in [1.807, 2.05) is 0 Å². The number of amides is 1. The van der Waals surface area contributed by atoms with Crippen molar-refractivity contribution in [2.45, 2.75) is 17.2 Å². The Kier molecular flexibility index (Phi) is 7.53. The lowest BCUT2D eigenvalue weighted by atomic mass is 9.94. The lowest BCUT2D eigenvalue weighted by Gasteiger charge is -2.17. The molecular formula is C23H20Cl3N5O3S. The monoisotopic (exact) mass is 551 g/mol. The Morgan fingerprint density at radius 3 is 2.54 bits per heavy atom. The van der Waals surface area contributed by atoms with Crippen molar-refractivity contribution < 1.29 is 13.2 Å². The smallest absolute Gasteiger partial charge is 0.263 e. The normalized spacial score (nSPS) is 12.5. The summed E-state index contributed by atoms with van der Waals surface area (Å²) < 4.78 is 28.1. The summed E-state index contributed by atoms with van der Waals surface area (Å²) >= 11 is 18.1. The standard InChI is InChI=1S/C23H20Cl3N5O3S/c24-14-2-1-3-16(11-14)35(33,34)31-22-18-12-15(5-7-21(18)29-30-22)28-23(32)17(8-9-27)13-4-6-19(25)20(26)10-13/h1-7,10-12,17H,8-9,27H2,(H,28,32)(H2,29,30,31). The molecule has 0 spiro atoms. The number of aromatic amines is 1. The highest BCUT2D eigenvalue weighted by atomic mass is 35.5. The second-order valence-electron chi connectivity index (χ2n) is 7.69. The third kappa shape index (κ3) is 5.71. The van der Waals surface area contributed by atoms with Crippen molar-refractivity contribution in [3.05, 3.63) is 81.3 Å². The number of H-pyrrole nitrogens is 1. The molecule has 0 fully saturated rings. The van der Waals surface area contributed by atoms with Crippen molar-refractivity contribution in [2.75, 3.05) is 16.6 Å². The number of nitrogens with zero attached hydrogens (tertiary/aromatic N) is 1. The van der Waals surface area contributed by atoms with Crippen molar-refractivity contribution >= 4 is 73.1 Å². The lowest BCUT2D eigenvalue weighted by Crippen LogP contribution is -2.23. The van der Waals surface area contributed by atoms with Crippen molar-refractivity contribution in [1.82, 2.24) is 10.2 Å². The van der Waals surface area contributed by atoms with Crippen molar-refractivity contribution in [2.24, 2.45) is 5.73 Å². The summed E-state index contributed by atoms with van der Waals surface area (Å²) in [6, 6.07) is 15.9. The van der Waals surface area contributed by atoms with E-state index in [1.54, 1.807) is 48.5 Å². The predicted octanol–water partition coefficient (Wildman–Crippen LogP) is 5.40. The molecule has 0 aliphatic carbocycles. The van der Waals surface area contributed by atoms with Gasteiger partial charge in [0.1, 0.15) is 0 Å². The minimum absolute atomic E-state index is 0.00291. The molecular weight excluding hydrogens is 533 g/mol. The van der Waals surface area contributed by atoms with Gasteiger partial charge in [0.2, 0.25) is 5.91 Å². The molecule has 1 aromatic heterocycles. The van der Waals surface area contributed by atoms with Crippen LogP contribution in [-0.2, 0) is 14.8 Å². The number of sulfonamides is 1. The van der Waals surface area contributed by atoms with Crippen LogP contribution >= 0.6 is 34.8 Å². The van der Waals surface area contributed by atoms with Gasteiger partial charge in [-0.05, 0) is 67.1 Å². The Bertz CT molecular complexity index is 1510. The van der Waals surface area contributed by atoms with Crippen LogP contribution in [0.3, 0.4) is 0 Å². The number of nitrogens with two attached hydrogens (primary N) is 1. The maximum Gasteiger partial charge on any atom is 0.263 e. The van der Waals surface area contributed by atoms with Gasteiger partial charge in [0, 0.05) is 16.1 Å². The van der Waals surface area contributed by atoms with Gasteiger partial charge >= 0.3 is 0 Å². The van der Waals surface area contributed by atoms with E-state index in [0.29, 0.717) is 43.6 Å². The van der Waals surface area contributed by atoms with E-state index in [-0.39, 0.29) is 23.2 Å². The molecule has 1 amide bonds. The molecule has 3 aromatic carbocycles. The molecule has 12 heteroatoms. The number of nitrogens with one attached hydrogen (secondary N) is 3. The average Bonchev–Trinajstić information content (AvgIpc) is 3.20. The third-order valence-electron chi connectivity index (χ3n) is 5.29. The average molecular weight is 553 g/mol. The van der Waals surface area contributed by atoms with Crippen molar-refractivity contribution in [1.29, 1.82) is 0 Å². The fourth-order valence-electron chi connectivity index (χ4n) is 3.56. The molecule has 4 aromatic rings. The number of aromatic nitrogens is 2. The van der Waals surface area contributed by atoms with E-state index in [0.717, 1.165) is 0 Å². The van der Waals surface area contributed by atoms with E-state index in [2.05, 4.69) is 20.2 Å². The van der Waals surface area contributed by atoms with E-state index >= 15 is 0 Å². The number of halogens is 3. The van der Waals surface area contributed by atoms with Crippen LogP contribution in [0.2, 0.25) is 15.1 Å². The summed E-state index contributed by atoms with van der Waals surface area (Å²) in [5.41, 5.74) is 7.45. The highest BCUT2D eigenvalue weighted by molar-refractivity contribution is 7.92. The number of carbonyl (C=O) groups excluding carboxylic acids is 1. The zero-order valence-corrected chi connectivity index (χ0v) is 21.1. The Labute approximate surface area is 216 Å². The number of fused-ring (bicyclic) bond motifs is 1. The van der Waals surface area contributed by atoms with Crippen LogP contribution in [0.1, 0.15) is 17.9 Å². The van der Waals surface area contributed by atoms with Gasteiger partial charge in [0.15, 0.2) is 5.82 Å². The molecule has 0 radical (unpaired) electrons. The molecule has 5 N–H and O–H groups in total. The van der Waals surface area contributed by atoms with E-state index < -0.39 is 15.9 Å². The minimum Gasteiger partial charge on any atom is -0.330 e. The second kappa shape index (κ2) is 10.4. The van der Waals surface area contributed by atoms with Gasteiger partial charge in [-0.25, -0.2) is 8.42 Å². The topological polar surface area (TPSA) is 130 Å². The Hall–Kier alpha value is -2.82. The van der Waals surface area contributed by atoms with Crippen LogP contribution in [0, 0.1) is 0 Å². The fourth-order valence-corrected chi connectivity index (χ4v) is 5.19. The second-order valence-corrected chi connectivity index (χ2v) is 10.6. The van der Waals surface area contributed by atoms with Gasteiger partial charge in [0.05, 0.1) is 26.4 Å². The molecule has 1 heterocycles. The largest absolute Gasteiger partial charge is 0.330 e.